The van der Waals surface area contributed by atoms with Gasteiger partial charge in [0, 0.05) is 18.9 Å². The molecule has 2 aromatic heterocycles. The average Bonchev–Trinajstić information content (AvgIpc) is 3.29. The van der Waals surface area contributed by atoms with Crippen molar-refractivity contribution in [1.82, 2.24) is 20.2 Å². The molecule has 0 saturated carbocycles. The molecular weight excluding hydrogens is 333 g/mol. The van der Waals surface area contributed by atoms with Crippen LogP contribution in [0.1, 0.15) is 24.1 Å². The highest BCUT2D eigenvalue weighted by molar-refractivity contribution is 5.79. The van der Waals surface area contributed by atoms with E-state index in [1.807, 2.05) is 32.0 Å². The van der Waals surface area contributed by atoms with Gasteiger partial charge >= 0.3 is 0 Å². The zero-order valence-electron chi connectivity index (χ0n) is 14.9. The van der Waals surface area contributed by atoms with E-state index in [0.717, 1.165) is 23.7 Å². The fourth-order valence-corrected chi connectivity index (χ4v) is 2.57. The Morgan fingerprint density at radius 1 is 1.31 bits per heavy atom. The number of aliphatic imine (C=N–C) groups is 1. The average molecular weight is 355 g/mol. The van der Waals surface area contributed by atoms with Crippen LogP contribution in [0.25, 0.3) is 5.69 Å². The second-order valence-corrected chi connectivity index (χ2v) is 5.76. The summed E-state index contributed by atoms with van der Waals surface area (Å²) < 4.78 is 21.5. The first-order chi connectivity index (χ1) is 12.7. The van der Waals surface area contributed by atoms with Crippen LogP contribution in [0, 0.1) is 12.7 Å². The number of hydrogen-bond donors (Lipinski definition) is 2. The van der Waals surface area contributed by atoms with E-state index in [2.05, 4.69) is 20.6 Å². The van der Waals surface area contributed by atoms with E-state index in [1.165, 1.54) is 6.07 Å². The van der Waals surface area contributed by atoms with E-state index in [-0.39, 0.29) is 5.82 Å². The number of nitrogens with one attached hydrogen (secondary N) is 2. The van der Waals surface area contributed by atoms with Gasteiger partial charge in [-0.1, -0.05) is 6.07 Å². The summed E-state index contributed by atoms with van der Waals surface area (Å²) >= 11 is 0. The van der Waals surface area contributed by atoms with Crippen LogP contribution < -0.4 is 10.6 Å². The number of imidazole rings is 1. The predicted molar refractivity (Wildman–Crippen MR) is 98.6 cm³/mol. The van der Waals surface area contributed by atoms with Gasteiger partial charge in [0.15, 0.2) is 5.96 Å². The third-order valence-electron chi connectivity index (χ3n) is 3.87. The van der Waals surface area contributed by atoms with Crippen molar-refractivity contribution in [3.05, 3.63) is 72.0 Å². The second-order valence-electron chi connectivity index (χ2n) is 5.76. The molecule has 0 aliphatic carbocycles. The molecule has 0 aliphatic heterocycles. The summed E-state index contributed by atoms with van der Waals surface area (Å²) in [6.07, 6.45) is 5.03. The molecule has 0 bridgehead atoms. The van der Waals surface area contributed by atoms with E-state index in [4.69, 9.17) is 4.42 Å². The zero-order chi connectivity index (χ0) is 18.4. The molecule has 0 saturated heterocycles. The van der Waals surface area contributed by atoms with Crippen molar-refractivity contribution in [2.75, 3.05) is 6.54 Å². The third-order valence-corrected chi connectivity index (χ3v) is 3.87. The molecule has 7 heteroatoms. The van der Waals surface area contributed by atoms with Gasteiger partial charge in [0.1, 0.15) is 17.4 Å². The molecule has 0 spiro atoms. The fraction of sp³-hybridized carbons (Fsp3) is 0.263. The Bertz CT molecular complexity index is 870. The van der Waals surface area contributed by atoms with E-state index in [1.54, 1.807) is 29.3 Å². The number of guanidine groups is 1. The lowest BCUT2D eigenvalue weighted by molar-refractivity contribution is 0.501. The second kappa shape index (κ2) is 8.33. The molecule has 2 N–H and O–H groups in total. The molecule has 3 aromatic rings. The third kappa shape index (κ3) is 4.30. The zero-order valence-corrected chi connectivity index (χ0v) is 14.9. The normalized spacial score (nSPS) is 11.6. The maximum Gasteiger partial charge on any atom is 0.191 e. The Balaban J connectivity index is 1.69. The lowest BCUT2D eigenvalue weighted by Crippen LogP contribution is -2.36. The Labute approximate surface area is 151 Å². The van der Waals surface area contributed by atoms with E-state index < -0.39 is 0 Å². The molecule has 2 heterocycles. The first-order valence-electron chi connectivity index (χ1n) is 8.50. The van der Waals surface area contributed by atoms with Crippen LogP contribution in [-0.2, 0) is 13.1 Å². The van der Waals surface area contributed by atoms with Crippen LogP contribution in [0.4, 0.5) is 4.39 Å². The monoisotopic (exact) mass is 355 g/mol. The molecule has 0 aliphatic rings. The Hall–Kier alpha value is -3.09. The number of benzene rings is 1. The Kier molecular flexibility index (Phi) is 5.68. The molecular formula is C19H22FN5O. The first-order valence-corrected chi connectivity index (χ1v) is 8.50. The predicted octanol–water partition coefficient (Wildman–Crippen LogP) is 3.17. The number of aromatic nitrogens is 2. The SMILES string of the molecule is CCNC(=NCc1ccc(-n2ccnc2C)c(F)c1)NCc1ccco1. The summed E-state index contributed by atoms with van der Waals surface area (Å²) in [5.41, 5.74) is 1.27. The minimum Gasteiger partial charge on any atom is -0.467 e. The highest BCUT2D eigenvalue weighted by Gasteiger charge is 2.08. The van der Waals surface area contributed by atoms with Crippen LogP contribution in [0.3, 0.4) is 0 Å². The summed E-state index contributed by atoms with van der Waals surface area (Å²) in [6.45, 7) is 5.47. The molecule has 0 radical (unpaired) electrons. The van der Waals surface area contributed by atoms with Gasteiger partial charge < -0.3 is 19.6 Å². The van der Waals surface area contributed by atoms with Crippen molar-refractivity contribution >= 4 is 5.96 Å². The van der Waals surface area contributed by atoms with Gasteiger partial charge in [-0.2, -0.15) is 0 Å². The molecule has 0 fully saturated rings. The quantitative estimate of drug-likeness (QED) is 0.526. The van der Waals surface area contributed by atoms with Crippen molar-refractivity contribution < 1.29 is 8.81 Å². The molecule has 6 nitrogen and oxygen atoms in total. The molecule has 0 atom stereocenters. The van der Waals surface area contributed by atoms with Gasteiger partial charge in [-0.15, -0.1) is 0 Å². The Morgan fingerprint density at radius 2 is 2.19 bits per heavy atom. The minimum atomic E-state index is -0.299. The molecule has 136 valence electrons. The summed E-state index contributed by atoms with van der Waals surface area (Å²) in [6, 6.07) is 8.86. The number of furan rings is 1. The molecule has 0 amide bonds. The van der Waals surface area contributed by atoms with Crippen LogP contribution in [0.15, 0.2) is 58.4 Å². The molecule has 0 unspecified atom stereocenters. The number of aryl methyl sites for hydroxylation is 1. The van der Waals surface area contributed by atoms with E-state index in [0.29, 0.717) is 24.7 Å². The highest BCUT2D eigenvalue weighted by atomic mass is 19.1. The number of rotatable bonds is 6. The molecule has 1 aromatic carbocycles. The first kappa shape index (κ1) is 17.7. The van der Waals surface area contributed by atoms with E-state index in [9.17, 15) is 4.39 Å². The van der Waals surface area contributed by atoms with Crippen molar-refractivity contribution in [3.8, 4) is 5.69 Å². The van der Waals surface area contributed by atoms with Crippen LogP contribution >= 0.6 is 0 Å². The number of nitrogens with zero attached hydrogens (tertiary/aromatic N) is 3. The lowest BCUT2D eigenvalue weighted by atomic mass is 10.2. The van der Waals surface area contributed by atoms with Gasteiger partial charge in [0.05, 0.1) is 25.0 Å². The van der Waals surface area contributed by atoms with E-state index >= 15 is 0 Å². The Morgan fingerprint density at radius 3 is 2.85 bits per heavy atom. The van der Waals surface area contributed by atoms with Gasteiger partial charge in [-0.05, 0) is 43.7 Å². The van der Waals surface area contributed by atoms with Crippen molar-refractivity contribution in [2.45, 2.75) is 26.9 Å². The van der Waals surface area contributed by atoms with Crippen LogP contribution in [-0.4, -0.2) is 22.1 Å². The smallest absolute Gasteiger partial charge is 0.191 e. The summed E-state index contributed by atoms with van der Waals surface area (Å²) in [4.78, 5) is 8.63. The van der Waals surface area contributed by atoms with Gasteiger partial charge in [-0.25, -0.2) is 14.4 Å². The van der Waals surface area contributed by atoms with Crippen molar-refractivity contribution in [2.24, 2.45) is 4.99 Å². The van der Waals surface area contributed by atoms with Gasteiger partial charge in [0.2, 0.25) is 0 Å². The summed E-state index contributed by atoms with van der Waals surface area (Å²) in [7, 11) is 0. The topological polar surface area (TPSA) is 67.4 Å². The van der Waals surface area contributed by atoms with Crippen LogP contribution in [0.5, 0.6) is 0 Å². The van der Waals surface area contributed by atoms with Crippen molar-refractivity contribution in [1.29, 1.82) is 0 Å². The summed E-state index contributed by atoms with van der Waals surface area (Å²) in [5, 5.41) is 6.35. The minimum absolute atomic E-state index is 0.299. The van der Waals surface area contributed by atoms with Gasteiger partial charge in [-0.3, -0.25) is 0 Å². The highest BCUT2D eigenvalue weighted by Crippen LogP contribution is 2.17. The standard InChI is InChI=1S/C19H22FN5O/c1-3-21-19(24-13-16-5-4-10-26-16)23-12-15-6-7-18(17(20)11-15)25-9-8-22-14(25)2/h4-11H,3,12-13H2,1-2H3,(H2,21,23,24). The molecule has 26 heavy (non-hydrogen) atoms. The van der Waals surface area contributed by atoms with Gasteiger partial charge in [0.25, 0.3) is 0 Å². The number of hydrogen-bond acceptors (Lipinski definition) is 3. The summed E-state index contributed by atoms with van der Waals surface area (Å²) in [5.74, 6) is 1.92. The fourth-order valence-electron chi connectivity index (χ4n) is 2.57. The number of halogens is 1. The van der Waals surface area contributed by atoms with Crippen LogP contribution in [0.2, 0.25) is 0 Å². The largest absolute Gasteiger partial charge is 0.467 e. The maximum absolute atomic E-state index is 14.5. The maximum atomic E-state index is 14.5. The molecule has 3 rings (SSSR count). The lowest BCUT2D eigenvalue weighted by Gasteiger charge is -2.11. The van der Waals surface area contributed by atoms with Crippen molar-refractivity contribution in [3.63, 3.8) is 0 Å².